The topological polar surface area (TPSA) is 42.9 Å². The Labute approximate surface area is 102 Å². The number of Topliss-reactive ketones (excluding diaryl/α,β-unsaturated/α-hetero) is 1. The summed E-state index contributed by atoms with van der Waals surface area (Å²) in [5.41, 5.74) is 1.81. The number of thiazole rings is 2. The van der Waals surface area contributed by atoms with E-state index in [1.807, 2.05) is 26.2 Å². The molecule has 2 heterocycles. The van der Waals surface area contributed by atoms with E-state index in [0.717, 1.165) is 26.3 Å². The van der Waals surface area contributed by atoms with Crippen LogP contribution < -0.4 is 0 Å². The maximum Gasteiger partial charge on any atom is 0.181 e. The molecule has 16 heavy (non-hydrogen) atoms. The number of carbonyl (C=O) groups excluding carboxylic acids is 1. The first kappa shape index (κ1) is 11.4. The maximum atomic E-state index is 12.0. The van der Waals surface area contributed by atoms with E-state index >= 15 is 0 Å². The van der Waals surface area contributed by atoms with Crippen LogP contribution in [0.1, 0.15) is 31.1 Å². The molecule has 0 unspecified atom stereocenters. The van der Waals surface area contributed by atoms with Crippen LogP contribution in [0.5, 0.6) is 0 Å². The molecule has 0 saturated carbocycles. The van der Waals surface area contributed by atoms with Crippen LogP contribution in [0, 0.1) is 20.8 Å². The number of nitrogens with zero attached hydrogens (tertiary/aromatic N) is 2. The maximum absolute atomic E-state index is 12.0. The molecule has 0 radical (unpaired) electrons. The van der Waals surface area contributed by atoms with Gasteiger partial charge in [0.15, 0.2) is 5.78 Å². The van der Waals surface area contributed by atoms with E-state index in [2.05, 4.69) is 9.97 Å². The smallest absolute Gasteiger partial charge is 0.181 e. The second-order valence-corrected chi connectivity index (χ2v) is 5.78. The lowest BCUT2D eigenvalue weighted by Crippen LogP contribution is -2.02. The SMILES string of the molecule is Cc1csc(CC(=O)c2sc(C)nc2C)n1. The van der Waals surface area contributed by atoms with Gasteiger partial charge >= 0.3 is 0 Å². The van der Waals surface area contributed by atoms with Crippen molar-refractivity contribution in [1.29, 1.82) is 0 Å². The Morgan fingerprint density at radius 1 is 1.31 bits per heavy atom. The highest BCUT2D eigenvalue weighted by Gasteiger charge is 2.15. The van der Waals surface area contributed by atoms with Crippen molar-refractivity contribution in [3.05, 3.63) is 31.7 Å². The summed E-state index contributed by atoms with van der Waals surface area (Å²) in [7, 11) is 0. The molecule has 0 aliphatic carbocycles. The molecule has 84 valence electrons. The zero-order valence-corrected chi connectivity index (χ0v) is 11.0. The molecule has 2 aromatic heterocycles. The zero-order valence-electron chi connectivity index (χ0n) is 9.40. The molecule has 5 heteroatoms. The highest BCUT2D eigenvalue weighted by molar-refractivity contribution is 7.14. The van der Waals surface area contributed by atoms with E-state index in [9.17, 15) is 4.79 Å². The third-order valence-corrected chi connectivity index (χ3v) is 4.22. The number of aryl methyl sites for hydroxylation is 3. The van der Waals surface area contributed by atoms with Gasteiger partial charge in [-0.05, 0) is 20.8 Å². The first-order valence-corrected chi connectivity index (χ1v) is 6.64. The second-order valence-electron chi connectivity index (χ2n) is 3.63. The fourth-order valence-electron chi connectivity index (χ4n) is 1.49. The Balaban J connectivity index is 2.17. The molecule has 0 aliphatic rings. The third kappa shape index (κ3) is 2.36. The third-order valence-electron chi connectivity index (χ3n) is 2.14. The second kappa shape index (κ2) is 4.43. The number of ketones is 1. The lowest BCUT2D eigenvalue weighted by atomic mass is 10.2. The standard InChI is InChI=1S/C11H12N2OS2/c1-6-5-15-10(12-6)4-9(14)11-7(2)13-8(3)16-11/h5H,4H2,1-3H3. The summed E-state index contributed by atoms with van der Waals surface area (Å²) < 4.78 is 0. The minimum Gasteiger partial charge on any atom is -0.293 e. The first-order valence-electron chi connectivity index (χ1n) is 4.94. The average molecular weight is 252 g/mol. The lowest BCUT2D eigenvalue weighted by molar-refractivity contribution is 0.0996. The van der Waals surface area contributed by atoms with Gasteiger partial charge < -0.3 is 0 Å². The van der Waals surface area contributed by atoms with E-state index in [1.54, 1.807) is 0 Å². The molecule has 0 saturated heterocycles. The molecule has 3 nitrogen and oxygen atoms in total. The largest absolute Gasteiger partial charge is 0.293 e. The summed E-state index contributed by atoms with van der Waals surface area (Å²) in [5, 5.41) is 3.79. The van der Waals surface area contributed by atoms with Crippen LogP contribution in [0.4, 0.5) is 0 Å². The summed E-state index contributed by atoms with van der Waals surface area (Å²) in [4.78, 5) is 21.3. The molecule has 0 aliphatic heterocycles. The van der Waals surface area contributed by atoms with Crippen molar-refractivity contribution >= 4 is 28.5 Å². The van der Waals surface area contributed by atoms with Crippen LogP contribution in [0.2, 0.25) is 0 Å². The van der Waals surface area contributed by atoms with Gasteiger partial charge in [-0.15, -0.1) is 22.7 Å². The fraction of sp³-hybridized carbons (Fsp3) is 0.364. The normalized spacial score (nSPS) is 10.7. The summed E-state index contributed by atoms with van der Waals surface area (Å²) in [6.45, 7) is 5.73. The van der Waals surface area contributed by atoms with Gasteiger partial charge in [-0.3, -0.25) is 4.79 Å². The number of rotatable bonds is 3. The number of hydrogen-bond donors (Lipinski definition) is 0. The molecule has 0 bridgehead atoms. The van der Waals surface area contributed by atoms with Crippen molar-refractivity contribution in [3.63, 3.8) is 0 Å². The highest BCUT2D eigenvalue weighted by atomic mass is 32.1. The van der Waals surface area contributed by atoms with Crippen LogP contribution in [-0.2, 0) is 6.42 Å². The molecule has 2 rings (SSSR count). The molecular weight excluding hydrogens is 240 g/mol. The Morgan fingerprint density at radius 2 is 2.06 bits per heavy atom. The van der Waals surface area contributed by atoms with Gasteiger partial charge in [0, 0.05) is 11.1 Å². The van der Waals surface area contributed by atoms with Crippen molar-refractivity contribution in [3.8, 4) is 0 Å². The number of carbonyl (C=O) groups is 1. The molecule has 2 aromatic rings. The zero-order chi connectivity index (χ0) is 11.7. The van der Waals surface area contributed by atoms with Crippen molar-refractivity contribution in [2.75, 3.05) is 0 Å². The monoisotopic (exact) mass is 252 g/mol. The summed E-state index contributed by atoms with van der Waals surface area (Å²) in [6, 6.07) is 0. The van der Waals surface area contributed by atoms with Gasteiger partial charge in [0.1, 0.15) is 5.01 Å². The quantitative estimate of drug-likeness (QED) is 0.789. The van der Waals surface area contributed by atoms with E-state index in [-0.39, 0.29) is 5.78 Å². The Bertz CT molecular complexity index is 528. The van der Waals surface area contributed by atoms with Crippen molar-refractivity contribution < 1.29 is 4.79 Å². The van der Waals surface area contributed by atoms with Crippen LogP contribution in [0.15, 0.2) is 5.38 Å². The van der Waals surface area contributed by atoms with E-state index in [4.69, 9.17) is 0 Å². The van der Waals surface area contributed by atoms with Crippen molar-refractivity contribution in [1.82, 2.24) is 9.97 Å². The number of aromatic nitrogens is 2. The molecule has 0 atom stereocenters. The molecular formula is C11H12N2OS2. The molecule has 0 fully saturated rings. The molecule has 0 N–H and O–H groups in total. The van der Waals surface area contributed by atoms with Crippen molar-refractivity contribution in [2.45, 2.75) is 27.2 Å². The van der Waals surface area contributed by atoms with E-state index in [0.29, 0.717) is 6.42 Å². The van der Waals surface area contributed by atoms with Gasteiger partial charge in [-0.25, -0.2) is 9.97 Å². The molecule has 0 aromatic carbocycles. The Hall–Kier alpha value is -1.07. The van der Waals surface area contributed by atoms with Gasteiger partial charge in [0.05, 0.1) is 22.0 Å². The lowest BCUT2D eigenvalue weighted by Gasteiger charge is -1.95. The summed E-state index contributed by atoms with van der Waals surface area (Å²) in [5.74, 6) is 0.123. The summed E-state index contributed by atoms with van der Waals surface area (Å²) in [6.07, 6.45) is 0.390. The average Bonchev–Trinajstić information content (AvgIpc) is 2.73. The van der Waals surface area contributed by atoms with E-state index < -0.39 is 0 Å². The van der Waals surface area contributed by atoms with Crippen LogP contribution in [0.3, 0.4) is 0 Å². The Morgan fingerprint density at radius 3 is 2.56 bits per heavy atom. The minimum atomic E-state index is 0.123. The molecule has 0 amide bonds. The predicted octanol–water partition coefficient (Wildman–Crippen LogP) is 2.95. The van der Waals surface area contributed by atoms with Crippen LogP contribution >= 0.6 is 22.7 Å². The van der Waals surface area contributed by atoms with Crippen molar-refractivity contribution in [2.24, 2.45) is 0 Å². The van der Waals surface area contributed by atoms with E-state index in [1.165, 1.54) is 22.7 Å². The van der Waals surface area contributed by atoms with Gasteiger partial charge in [0.25, 0.3) is 0 Å². The Kier molecular flexibility index (Phi) is 3.16. The van der Waals surface area contributed by atoms with Crippen LogP contribution in [0.25, 0.3) is 0 Å². The number of hydrogen-bond acceptors (Lipinski definition) is 5. The van der Waals surface area contributed by atoms with Gasteiger partial charge in [-0.1, -0.05) is 0 Å². The predicted molar refractivity (Wildman–Crippen MR) is 66.5 cm³/mol. The van der Waals surface area contributed by atoms with Gasteiger partial charge in [-0.2, -0.15) is 0 Å². The van der Waals surface area contributed by atoms with Gasteiger partial charge in [0.2, 0.25) is 0 Å². The highest BCUT2D eigenvalue weighted by Crippen LogP contribution is 2.20. The fourth-order valence-corrected chi connectivity index (χ4v) is 3.12. The van der Waals surface area contributed by atoms with Crippen LogP contribution in [-0.4, -0.2) is 15.8 Å². The first-order chi connectivity index (χ1) is 7.56. The molecule has 0 spiro atoms. The minimum absolute atomic E-state index is 0.123. The summed E-state index contributed by atoms with van der Waals surface area (Å²) >= 11 is 3.00.